The number of hydrogen-bond acceptors (Lipinski definition) is 5. The first-order valence-electron chi connectivity index (χ1n) is 6.14. The van der Waals surface area contributed by atoms with Gasteiger partial charge in [-0.05, 0) is 13.8 Å². The highest BCUT2D eigenvalue weighted by atomic mass is 15.3. The molecule has 3 heterocycles. The van der Waals surface area contributed by atoms with E-state index in [9.17, 15) is 0 Å². The van der Waals surface area contributed by atoms with Gasteiger partial charge in [0.25, 0.3) is 0 Å². The third kappa shape index (κ3) is 1.54. The zero-order chi connectivity index (χ0) is 13.8. The first-order chi connectivity index (χ1) is 8.82. The van der Waals surface area contributed by atoms with Crippen molar-refractivity contribution in [1.29, 1.82) is 0 Å². The SMILES string of the molecule is CC(C)(N)C(C)(C)c1nnc2c3[nH]cnc3ncn12. The highest BCUT2D eigenvalue weighted by Gasteiger charge is 2.39. The molecule has 0 amide bonds. The van der Waals surface area contributed by atoms with Gasteiger partial charge in [-0.25, -0.2) is 9.97 Å². The second kappa shape index (κ2) is 3.51. The molecule has 0 saturated heterocycles. The highest BCUT2D eigenvalue weighted by molar-refractivity contribution is 5.84. The maximum Gasteiger partial charge on any atom is 0.189 e. The number of nitrogens with one attached hydrogen (secondary N) is 1. The lowest BCUT2D eigenvalue weighted by Crippen LogP contribution is -2.51. The van der Waals surface area contributed by atoms with E-state index in [-0.39, 0.29) is 5.41 Å². The average molecular weight is 259 g/mol. The number of nitrogens with two attached hydrogens (primary N) is 1. The van der Waals surface area contributed by atoms with Crippen molar-refractivity contribution in [2.45, 2.75) is 38.6 Å². The van der Waals surface area contributed by atoms with Crippen LogP contribution >= 0.6 is 0 Å². The Morgan fingerprint density at radius 1 is 1.16 bits per heavy atom. The maximum atomic E-state index is 6.27. The van der Waals surface area contributed by atoms with Gasteiger partial charge in [-0.3, -0.25) is 4.40 Å². The number of aromatic amines is 1. The number of H-pyrrole nitrogens is 1. The highest BCUT2D eigenvalue weighted by Crippen LogP contribution is 2.32. The molecule has 3 rings (SSSR count). The van der Waals surface area contributed by atoms with Crippen LogP contribution in [0.15, 0.2) is 12.7 Å². The molecular weight excluding hydrogens is 242 g/mol. The quantitative estimate of drug-likeness (QED) is 0.716. The van der Waals surface area contributed by atoms with E-state index in [1.54, 1.807) is 12.7 Å². The Bertz CT molecular complexity index is 744. The molecule has 3 aromatic heterocycles. The molecule has 19 heavy (non-hydrogen) atoms. The molecule has 0 aliphatic heterocycles. The number of nitrogens with zero attached hydrogens (tertiary/aromatic N) is 5. The number of hydrogen-bond donors (Lipinski definition) is 2. The van der Waals surface area contributed by atoms with Gasteiger partial charge in [0.2, 0.25) is 0 Å². The number of fused-ring (bicyclic) bond motifs is 3. The van der Waals surface area contributed by atoms with Crippen molar-refractivity contribution in [3.05, 3.63) is 18.5 Å². The fraction of sp³-hybridized carbons (Fsp3) is 0.500. The third-order valence-corrected chi connectivity index (χ3v) is 4.00. The Labute approximate surface area is 110 Å². The molecule has 7 nitrogen and oxygen atoms in total. The zero-order valence-electron chi connectivity index (χ0n) is 11.5. The van der Waals surface area contributed by atoms with Crippen molar-refractivity contribution < 1.29 is 0 Å². The average Bonchev–Trinajstić information content (AvgIpc) is 2.92. The summed E-state index contributed by atoms with van der Waals surface area (Å²) >= 11 is 0. The third-order valence-electron chi connectivity index (χ3n) is 4.00. The van der Waals surface area contributed by atoms with E-state index in [2.05, 4.69) is 39.0 Å². The molecule has 0 bridgehead atoms. The van der Waals surface area contributed by atoms with E-state index in [4.69, 9.17) is 5.73 Å². The monoisotopic (exact) mass is 259 g/mol. The van der Waals surface area contributed by atoms with Crippen LogP contribution in [0, 0.1) is 0 Å². The molecular formula is C12H17N7. The summed E-state index contributed by atoms with van der Waals surface area (Å²) in [5.41, 5.74) is 7.63. The van der Waals surface area contributed by atoms with E-state index < -0.39 is 5.54 Å². The molecule has 3 N–H and O–H groups in total. The minimum atomic E-state index is -0.432. The van der Waals surface area contributed by atoms with Crippen LogP contribution in [0.3, 0.4) is 0 Å². The van der Waals surface area contributed by atoms with E-state index in [1.807, 2.05) is 18.2 Å². The molecule has 0 saturated carbocycles. The van der Waals surface area contributed by atoms with Crippen molar-refractivity contribution in [2.75, 3.05) is 0 Å². The van der Waals surface area contributed by atoms with Crippen LogP contribution in [0.2, 0.25) is 0 Å². The second-order valence-corrected chi connectivity index (χ2v) is 5.91. The van der Waals surface area contributed by atoms with E-state index in [0.29, 0.717) is 5.65 Å². The maximum absolute atomic E-state index is 6.27. The van der Waals surface area contributed by atoms with E-state index in [1.165, 1.54) is 0 Å². The number of imidazole rings is 1. The first-order valence-corrected chi connectivity index (χ1v) is 6.14. The molecule has 0 fully saturated rings. The normalized spacial score (nSPS) is 13.5. The number of aromatic nitrogens is 6. The zero-order valence-corrected chi connectivity index (χ0v) is 11.5. The van der Waals surface area contributed by atoms with Crippen molar-refractivity contribution in [1.82, 2.24) is 29.5 Å². The van der Waals surface area contributed by atoms with Gasteiger partial charge in [-0.1, -0.05) is 13.8 Å². The van der Waals surface area contributed by atoms with Crippen molar-refractivity contribution in [2.24, 2.45) is 5.73 Å². The van der Waals surface area contributed by atoms with Crippen LogP contribution in [0.1, 0.15) is 33.5 Å². The van der Waals surface area contributed by atoms with Gasteiger partial charge in [0.15, 0.2) is 11.3 Å². The van der Waals surface area contributed by atoms with Gasteiger partial charge in [0.1, 0.15) is 17.7 Å². The lowest BCUT2D eigenvalue weighted by molar-refractivity contribution is 0.288. The Kier molecular flexibility index (Phi) is 2.22. The summed E-state index contributed by atoms with van der Waals surface area (Å²) in [5, 5.41) is 8.55. The predicted octanol–water partition coefficient (Wildman–Crippen LogP) is 1.02. The smallest absolute Gasteiger partial charge is 0.189 e. The largest absolute Gasteiger partial charge is 0.340 e. The van der Waals surface area contributed by atoms with Gasteiger partial charge in [0.05, 0.1) is 6.33 Å². The van der Waals surface area contributed by atoms with Crippen LogP contribution in [0.5, 0.6) is 0 Å². The summed E-state index contributed by atoms with van der Waals surface area (Å²) in [6, 6.07) is 0. The van der Waals surface area contributed by atoms with Gasteiger partial charge in [-0.15, -0.1) is 10.2 Å². The van der Waals surface area contributed by atoms with E-state index >= 15 is 0 Å². The van der Waals surface area contributed by atoms with Crippen LogP contribution in [-0.4, -0.2) is 35.1 Å². The molecule has 0 aromatic carbocycles. The lowest BCUT2D eigenvalue weighted by Gasteiger charge is -2.36. The van der Waals surface area contributed by atoms with Gasteiger partial charge < -0.3 is 10.7 Å². The lowest BCUT2D eigenvalue weighted by atomic mass is 9.74. The Balaban J connectivity index is 2.32. The Morgan fingerprint density at radius 2 is 1.89 bits per heavy atom. The van der Waals surface area contributed by atoms with Gasteiger partial charge in [-0.2, -0.15) is 0 Å². The molecule has 3 aromatic rings. The molecule has 100 valence electrons. The van der Waals surface area contributed by atoms with Gasteiger partial charge in [0, 0.05) is 11.0 Å². The molecule has 0 unspecified atom stereocenters. The molecule has 0 aliphatic rings. The molecule has 7 heteroatoms. The van der Waals surface area contributed by atoms with Crippen LogP contribution in [-0.2, 0) is 5.41 Å². The van der Waals surface area contributed by atoms with Crippen molar-refractivity contribution in [3.8, 4) is 0 Å². The summed E-state index contributed by atoms with van der Waals surface area (Å²) < 4.78 is 1.87. The van der Waals surface area contributed by atoms with Gasteiger partial charge >= 0.3 is 0 Å². The topological polar surface area (TPSA) is 97.8 Å². The van der Waals surface area contributed by atoms with Crippen LogP contribution < -0.4 is 5.73 Å². The minimum absolute atomic E-state index is 0.345. The summed E-state index contributed by atoms with van der Waals surface area (Å²) in [6.07, 6.45) is 3.30. The van der Waals surface area contributed by atoms with Crippen LogP contribution in [0.25, 0.3) is 16.8 Å². The fourth-order valence-electron chi connectivity index (χ4n) is 1.95. The first kappa shape index (κ1) is 12.0. The summed E-state index contributed by atoms with van der Waals surface area (Å²) in [6.45, 7) is 8.08. The van der Waals surface area contributed by atoms with Crippen molar-refractivity contribution >= 4 is 16.8 Å². The molecule has 0 aliphatic carbocycles. The second-order valence-electron chi connectivity index (χ2n) is 5.91. The summed E-state index contributed by atoms with van der Waals surface area (Å²) in [7, 11) is 0. The van der Waals surface area contributed by atoms with Crippen LogP contribution in [0.4, 0.5) is 0 Å². The molecule has 0 spiro atoms. The summed E-state index contributed by atoms with van der Waals surface area (Å²) in [5.74, 6) is 0.791. The van der Waals surface area contributed by atoms with E-state index in [0.717, 1.165) is 17.0 Å². The fourth-order valence-corrected chi connectivity index (χ4v) is 1.95. The Morgan fingerprint density at radius 3 is 2.58 bits per heavy atom. The molecule has 0 radical (unpaired) electrons. The Hall–Kier alpha value is -2.02. The standard InChI is InChI=1S/C12H17N7/c1-11(2,12(3,4)13)10-18-17-9-7-8(15-5-14-7)16-6-19(9)10/h5-6H,13H2,1-4H3,(H,14,15). The number of rotatable bonds is 2. The molecule has 0 atom stereocenters. The minimum Gasteiger partial charge on any atom is -0.340 e. The van der Waals surface area contributed by atoms with Crippen molar-refractivity contribution in [3.63, 3.8) is 0 Å². The summed E-state index contributed by atoms with van der Waals surface area (Å²) in [4.78, 5) is 11.5. The predicted molar refractivity (Wildman–Crippen MR) is 71.7 cm³/mol.